The van der Waals surface area contributed by atoms with Gasteiger partial charge in [-0.1, -0.05) is 19.1 Å². The number of rotatable bonds is 4. The van der Waals surface area contributed by atoms with E-state index in [1.165, 1.54) is 44.5 Å². The van der Waals surface area contributed by atoms with Gasteiger partial charge in [-0.3, -0.25) is 4.21 Å². The topological polar surface area (TPSA) is 20.3 Å². The molecule has 1 heterocycles. The summed E-state index contributed by atoms with van der Waals surface area (Å²) in [6.45, 7) is 5.88. The normalized spacial score (nSPS) is 19.9. The molecule has 0 aromatic heterocycles. The van der Waals surface area contributed by atoms with Crippen LogP contribution in [0.5, 0.6) is 0 Å². The Morgan fingerprint density at radius 3 is 2.67 bits per heavy atom. The van der Waals surface area contributed by atoms with Gasteiger partial charge in [0.15, 0.2) is 0 Å². The molecule has 1 aliphatic rings. The van der Waals surface area contributed by atoms with Gasteiger partial charge in [0.05, 0.1) is 0 Å². The summed E-state index contributed by atoms with van der Waals surface area (Å²) < 4.78 is 11.5. The summed E-state index contributed by atoms with van der Waals surface area (Å²) in [5.41, 5.74) is 1.37. The van der Waals surface area contributed by atoms with Gasteiger partial charge in [-0.25, -0.2) is 0 Å². The molecule has 0 radical (unpaired) electrons. The SMILES string of the molecule is CCCN1CCC(c2cccc(S(C)=O)c2)CC1. The summed E-state index contributed by atoms with van der Waals surface area (Å²) in [5, 5.41) is 0. The predicted octanol–water partition coefficient (Wildman–Crippen LogP) is 3.01. The highest BCUT2D eigenvalue weighted by Crippen LogP contribution is 2.28. The van der Waals surface area contributed by atoms with Gasteiger partial charge in [0.25, 0.3) is 0 Å². The summed E-state index contributed by atoms with van der Waals surface area (Å²) in [4.78, 5) is 3.52. The van der Waals surface area contributed by atoms with Crippen LogP contribution in [0.15, 0.2) is 29.2 Å². The van der Waals surface area contributed by atoms with Crippen molar-refractivity contribution in [3.63, 3.8) is 0 Å². The lowest BCUT2D eigenvalue weighted by atomic mass is 9.89. The second kappa shape index (κ2) is 6.48. The summed E-state index contributed by atoms with van der Waals surface area (Å²) in [6.07, 6.45) is 5.47. The molecule has 1 unspecified atom stereocenters. The van der Waals surface area contributed by atoms with Crippen LogP contribution in [0.3, 0.4) is 0 Å². The van der Waals surface area contributed by atoms with Gasteiger partial charge in [-0.15, -0.1) is 0 Å². The van der Waals surface area contributed by atoms with Crippen LogP contribution >= 0.6 is 0 Å². The van der Waals surface area contributed by atoms with Crippen LogP contribution in [-0.4, -0.2) is 35.0 Å². The van der Waals surface area contributed by atoms with E-state index in [0.717, 1.165) is 4.90 Å². The van der Waals surface area contributed by atoms with Crippen molar-refractivity contribution in [2.45, 2.75) is 37.0 Å². The molecule has 0 saturated carbocycles. The molecule has 3 heteroatoms. The Morgan fingerprint density at radius 2 is 2.06 bits per heavy atom. The van der Waals surface area contributed by atoms with Crippen molar-refractivity contribution in [1.29, 1.82) is 0 Å². The summed E-state index contributed by atoms with van der Waals surface area (Å²) >= 11 is 0. The second-order valence-electron chi connectivity index (χ2n) is 5.14. The highest BCUT2D eigenvalue weighted by atomic mass is 32.2. The fraction of sp³-hybridized carbons (Fsp3) is 0.600. The third kappa shape index (κ3) is 3.42. The van der Waals surface area contributed by atoms with Gasteiger partial charge in [0, 0.05) is 22.0 Å². The molecule has 0 amide bonds. The Balaban J connectivity index is 2.01. The number of piperidine rings is 1. The minimum Gasteiger partial charge on any atom is -0.303 e. The Morgan fingerprint density at radius 1 is 1.33 bits per heavy atom. The summed E-state index contributed by atoms with van der Waals surface area (Å²) in [7, 11) is -0.864. The molecule has 1 fully saturated rings. The van der Waals surface area contributed by atoms with Crippen LogP contribution in [-0.2, 0) is 10.8 Å². The van der Waals surface area contributed by atoms with Gasteiger partial charge in [-0.05, 0) is 62.5 Å². The van der Waals surface area contributed by atoms with Crippen LogP contribution in [0.1, 0.15) is 37.7 Å². The zero-order valence-corrected chi connectivity index (χ0v) is 12.2. The molecular formula is C15H23NOS. The monoisotopic (exact) mass is 265 g/mol. The molecule has 0 N–H and O–H groups in total. The van der Waals surface area contributed by atoms with E-state index in [1.54, 1.807) is 6.26 Å². The van der Waals surface area contributed by atoms with Crippen LogP contribution in [0.2, 0.25) is 0 Å². The molecule has 1 aromatic carbocycles. The lowest BCUT2D eigenvalue weighted by molar-refractivity contribution is 0.212. The van der Waals surface area contributed by atoms with Crippen molar-refractivity contribution in [2.75, 3.05) is 25.9 Å². The van der Waals surface area contributed by atoms with Crippen molar-refractivity contribution in [3.8, 4) is 0 Å². The lowest BCUT2D eigenvalue weighted by Crippen LogP contribution is -2.33. The van der Waals surface area contributed by atoms with E-state index >= 15 is 0 Å². The summed E-state index contributed by atoms with van der Waals surface area (Å²) in [6, 6.07) is 8.34. The van der Waals surface area contributed by atoms with E-state index in [0.29, 0.717) is 5.92 Å². The minimum absolute atomic E-state index is 0.654. The maximum absolute atomic E-state index is 11.5. The Bertz CT molecular complexity index is 411. The van der Waals surface area contributed by atoms with Gasteiger partial charge in [0.2, 0.25) is 0 Å². The molecule has 0 aliphatic carbocycles. The largest absolute Gasteiger partial charge is 0.303 e. The predicted molar refractivity (Wildman–Crippen MR) is 77.5 cm³/mol. The third-order valence-corrected chi connectivity index (χ3v) is 4.71. The van der Waals surface area contributed by atoms with Crippen LogP contribution in [0, 0.1) is 0 Å². The lowest BCUT2D eigenvalue weighted by Gasteiger charge is -2.32. The molecule has 1 saturated heterocycles. The number of benzene rings is 1. The van der Waals surface area contributed by atoms with Crippen molar-refractivity contribution in [2.24, 2.45) is 0 Å². The van der Waals surface area contributed by atoms with E-state index in [2.05, 4.69) is 24.0 Å². The highest BCUT2D eigenvalue weighted by molar-refractivity contribution is 7.84. The molecule has 0 bridgehead atoms. The molecule has 1 atom stereocenters. The first kappa shape index (κ1) is 13.8. The Hall–Kier alpha value is -0.670. The molecule has 1 aromatic rings. The van der Waals surface area contributed by atoms with Crippen molar-refractivity contribution >= 4 is 10.8 Å². The molecule has 0 spiro atoms. The van der Waals surface area contributed by atoms with E-state index in [1.807, 2.05) is 12.1 Å². The van der Waals surface area contributed by atoms with Gasteiger partial charge < -0.3 is 4.90 Å². The quantitative estimate of drug-likeness (QED) is 0.834. The fourth-order valence-electron chi connectivity index (χ4n) is 2.75. The average Bonchev–Trinajstić information content (AvgIpc) is 2.40. The van der Waals surface area contributed by atoms with E-state index in [9.17, 15) is 4.21 Å². The third-order valence-electron chi connectivity index (χ3n) is 3.79. The molecule has 18 heavy (non-hydrogen) atoms. The van der Waals surface area contributed by atoms with Crippen molar-refractivity contribution < 1.29 is 4.21 Å². The molecule has 2 rings (SSSR count). The molecule has 100 valence electrons. The summed E-state index contributed by atoms with van der Waals surface area (Å²) in [5.74, 6) is 0.654. The minimum atomic E-state index is -0.864. The van der Waals surface area contributed by atoms with E-state index in [4.69, 9.17) is 0 Å². The smallest absolute Gasteiger partial charge is 0.0498 e. The second-order valence-corrected chi connectivity index (χ2v) is 6.52. The van der Waals surface area contributed by atoms with Crippen molar-refractivity contribution in [3.05, 3.63) is 29.8 Å². The highest BCUT2D eigenvalue weighted by Gasteiger charge is 2.20. The first-order chi connectivity index (χ1) is 8.70. The van der Waals surface area contributed by atoms with E-state index in [-0.39, 0.29) is 0 Å². The Labute approximate surface area is 113 Å². The van der Waals surface area contributed by atoms with Gasteiger partial charge in [0.1, 0.15) is 0 Å². The fourth-order valence-corrected chi connectivity index (χ4v) is 3.33. The first-order valence-corrected chi connectivity index (χ1v) is 8.42. The number of hydrogen-bond donors (Lipinski definition) is 0. The maximum atomic E-state index is 11.5. The molecular weight excluding hydrogens is 242 g/mol. The molecule has 2 nitrogen and oxygen atoms in total. The maximum Gasteiger partial charge on any atom is 0.0498 e. The van der Waals surface area contributed by atoms with Crippen molar-refractivity contribution in [1.82, 2.24) is 4.90 Å². The van der Waals surface area contributed by atoms with Crippen LogP contribution < -0.4 is 0 Å². The van der Waals surface area contributed by atoms with Crippen LogP contribution in [0.4, 0.5) is 0 Å². The number of nitrogens with zero attached hydrogens (tertiary/aromatic N) is 1. The number of likely N-dealkylation sites (tertiary alicyclic amines) is 1. The van der Waals surface area contributed by atoms with Crippen LogP contribution in [0.25, 0.3) is 0 Å². The zero-order valence-electron chi connectivity index (χ0n) is 11.4. The molecule has 1 aliphatic heterocycles. The standard InChI is InChI=1S/C15H23NOS/c1-3-9-16-10-7-13(8-11-16)14-5-4-6-15(12-14)18(2)17/h4-6,12-13H,3,7-11H2,1-2H3. The first-order valence-electron chi connectivity index (χ1n) is 6.86. The number of hydrogen-bond acceptors (Lipinski definition) is 2. The van der Waals surface area contributed by atoms with Gasteiger partial charge in [-0.2, -0.15) is 0 Å². The average molecular weight is 265 g/mol. The van der Waals surface area contributed by atoms with E-state index < -0.39 is 10.8 Å². The van der Waals surface area contributed by atoms with Gasteiger partial charge >= 0.3 is 0 Å². The Kier molecular flexibility index (Phi) is 4.95. The zero-order chi connectivity index (χ0) is 13.0.